The smallest absolute Gasteiger partial charge is 0.0457 e. The third-order valence-corrected chi connectivity index (χ3v) is 3.87. The van der Waals surface area contributed by atoms with Crippen molar-refractivity contribution in [1.82, 2.24) is 4.98 Å². The van der Waals surface area contributed by atoms with Gasteiger partial charge in [-0.05, 0) is 61.2 Å². The van der Waals surface area contributed by atoms with E-state index in [1.54, 1.807) is 0 Å². The Morgan fingerprint density at radius 2 is 1.90 bits per heavy atom. The second-order valence-corrected chi connectivity index (χ2v) is 5.43. The molecular formula is C18H20N2. The minimum absolute atomic E-state index is 0.681. The van der Waals surface area contributed by atoms with Crippen molar-refractivity contribution in [2.75, 3.05) is 6.54 Å². The normalized spacial score (nSPS) is 11.2. The van der Waals surface area contributed by atoms with Crippen molar-refractivity contribution in [3.8, 4) is 11.1 Å². The van der Waals surface area contributed by atoms with E-state index in [9.17, 15) is 0 Å². The van der Waals surface area contributed by atoms with Crippen LogP contribution in [-0.2, 0) is 6.42 Å². The highest BCUT2D eigenvalue weighted by atomic mass is 14.7. The van der Waals surface area contributed by atoms with E-state index in [1.165, 1.54) is 38.7 Å². The van der Waals surface area contributed by atoms with Gasteiger partial charge < -0.3 is 10.7 Å². The van der Waals surface area contributed by atoms with E-state index >= 15 is 0 Å². The lowest BCUT2D eigenvalue weighted by Gasteiger charge is -2.08. The lowest BCUT2D eigenvalue weighted by atomic mass is 9.97. The van der Waals surface area contributed by atoms with Crippen molar-refractivity contribution in [3.05, 3.63) is 59.3 Å². The summed E-state index contributed by atoms with van der Waals surface area (Å²) >= 11 is 0. The third-order valence-electron chi connectivity index (χ3n) is 3.87. The molecule has 0 amide bonds. The predicted molar refractivity (Wildman–Crippen MR) is 86.0 cm³/mol. The van der Waals surface area contributed by atoms with Crippen LogP contribution in [-0.4, -0.2) is 11.5 Å². The Balaban J connectivity index is 2.14. The molecule has 0 aliphatic rings. The molecule has 0 radical (unpaired) electrons. The van der Waals surface area contributed by atoms with Crippen molar-refractivity contribution in [3.63, 3.8) is 0 Å². The molecule has 102 valence electrons. The van der Waals surface area contributed by atoms with Gasteiger partial charge in [0, 0.05) is 17.1 Å². The molecule has 3 rings (SSSR count). The van der Waals surface area contributed by atoms with Crippen LogP contribution in [0.2, 0.25) is 0 Å². The van der Waals surface area contributed by atoms with Crippen LogP contribution in [0, 0.1) is 13.8 Å². The Morgan fingerprint density at radius 1 is 1.05 bits per heavy atom. The molecule has 0 spiro atoms. The fourth-order valence-electron chi connectivity index (χ4n) is 2.85. The van der Waals surface area contributed by atoms with Gasteiger partial charge in [-0.2, -0.15) is 0 Å². The molecule has 1 heterocycles. The summed E-state index contributed by atoms with van der Waals surface area (Å²) in [5.74, 6) is 0. The second kappa shape index (κ2) is 5.14. The summed E-state index contributed by atoms with van der Waals surface area (Å²) in [6.45, 7) is 4.98. The zero-order valence-corrected chi connectivity index (χ0v) is 12.0. The summed E-state index contributed by atoms with van der Waals surface area (Å²) in [5, 5.41) is 1.29. The number of aromatic nitrogens is 1. The van der Waals surface area contributed by atoms with E-state index in [-0.39, 0.29) is 0 Å². The number of nitrogens with two attached hydrogens (primary N) is 1. The summed E-state index contributed by atoms with van der Waals surface area (Å²) in [7, 11) is 0. The Hall–Kier alpha value is -2.06. The summed E-state index contributed by atoms with van der Waals surface area (Å²) in [4.78, 5) is 3.32. The summed E-state index contributed by atoms with van der Waals surface area (Å²) < 4.78 is 0. The van der Waals surface area contributed by atoms with Crippen LogP contribution < -0.4 is 5.73 Å². The average molecular weight is 264 g/mol. The molecule has 3 N–H and O–H groups in total. The maximum atomic E-state index is 5.69. The number of H-pyrrole nitrogens is 1. The molecule has 1 aromatic heterocycles. The van der Waals surface area contributed by atoms with Crippen molar-refractivity contribution in [2.45, 2.75) is 20.3 Å². The zero-order valence-electron chi connectivity index (χ0n) is 12.0. The third kappa shape index (κ3) is 2.23. The summed E-state index contributed by atoms with van der Waals surface area (Å²) in [6.07, 6.45) is 2.99. The first-order chi connectivity index (χ1) is 9.69. The second-order valence-electron chi connectivity index (χ2n) is 5.43. The Morgan fingerprint density at radius 3 is 2.65 bits per heavy atom. The molecule has 2 aromatic carbocycles. The van der Waals surface area contributed by atoms with Crippen molar-refractivity contribution < 1.29 is 0 Å². The van der Waals surface area contributed by atoms with Gasteiger partial charge >= 0.3 is 0 Å². The highest BCUT2D eigenvalue weighted by Gasteiger charge is 2.07. The van der Waals surface area contributed by atoms with Gasteiger partial charge in [0.2, 0.25) is 0 Å². The molecule has 0 saturated carbocycles. The Kier molecular flexibility index (Phi) is 3.33. The van der Waals surface area contributed by atoms with Crippen LogP contribution in [0.4, 0.5) is 0 Å². The van der Waals surface area contributed by atoms with Crippen molar-refractivity contribution in [2.24, 2.45) is 5.73 Å². The Bertz CT molecular complexity index is 753. The van der Waals surface area contributed by atoms with Crippen LogP contribution >= 0.6 is 0 Å². The predicted octanol–water partition coefficient (Wildman–Crippen LogP) is 3.95. The van der Waals surface area contributed by atoms with Crippen molar-refractivity contribution >= 4 is 10.9 Å². The fraction of sp³-hybridized carbons (Fsp3) is 0.222. The first kappa shape index (κ1) is 12.9. The van der Waals surface area contributed by atoms with Gasteiger partial charge in [0.05, 0.1) is 0 Å². The van der Waals surface area contributed by atoms with Crippen LogP contribution in [0.3, 0.4) is 0 Å². The molecular weight excluding hydrogens is 244 g/mol. The Labute approximate surface area is 119 Å². The lowest BCUT2D eigenvalue weighted by Crippen LogP contribution is -2.01. The maximum Gasteiger partial charge on any atom is 0.0457 e. The molecule has 0 bridgehead atoms. The number of nitrogens with one attached hydrogen (secondary N) is 1. The number of rotatable bonds is 3. The van der Waals surface area contributed by atoms with Crippen LogP contribution in [0.25, 0.3) is 22.0 Å². The standard InChI is InChI=1S/C18H20N2/c1-12-3-5-16(13(2)9-12)14-4-6-18-17(10-14)15(7-8-19)11-20-18/h3-6,9-11,20H,7-8,19H2,1-2H3. The zero-order chi connectivity index (χ0) is 14.1. The quantitative estimate of drug-likeness (QED) is 0.739. The minimum atomic E-state index is 0.681. The molecule has 0 unspecified atom stereocenters. The molecule has 20 heavy (non-hydrogen) atoms. The fourth-order valence-corrected chi connectivity index (χ4v) is 2.85. The summed E-state index contributed by atoms with van der Waals surface area (Å²) in [6, 6.07) is 13.2. The van der Waals surface area contributed by atoms with E-state index in [1.807, 2.05) is 0 Å². The number of aromatic amines is 1. The van der Waals surface area contributed by atoms with Crippen LogP contribution in [0.15, 0.2) is 42.6 Å². The van der Waals surface area contributed by atoms with Gasteiger partial charge in [0.1, 0.15) is 0 Å². The average Bonchev–Trinajstić information content (AvgIpc) is 2.82. The number of aryl methyl sites for hydroxylation is 2. The molecule has 0 saturated heterocycles. The van der Waals surface area contributed by atoms with Crippen LogP contribution in [0.1, 0.15) is 16.7 Å². The lowest BCUT2D eigenvalue weighted by molar-refractivity contribution is 0.976. The molecule has 0 aliphatic heterocycles. The van der Waals surface area contributed by atoms with E-state index in [2.05, 4.69) is 61.4 Å². The number of hydrogen-bond donors (Lipinski definition) is 2. The van der Waals surface area contributed by atoms with E-state index in [0.717, 1.165) is 6.42 Å². The van der Waals surface area contributed by atoms with E-state index in [4.69, 9.17) is 5.73 Å². The highest BCUT2D eigenvalue weighted by molar-refractivity contribution is 5.88. The molecule has 3 aromatic rings. The van der Waals surface area contributed by atoms with E-state index < -0.39 is 0 Å². The van der Waals surface area contributed by atoms with Gasteiger partial charge in [-0.3, -0.25) is 0 Å². The van der Waals surface area contributed by atoms with Gasteiger partial charge in [0.25, 0.3) is 0 Å². The highest BCUT2D eigenvalue weighted by Crippen LogP contribution is 2.29. The first-order valence-corrected chi connectivity index (χ1v) is 7.07. The number of benzene rings is 2. The monoisotopic (exact) mass is 264 g/mol. The van der Waals surface area contributed by atoms with Gasteiger partial charge in [0.15, 0.2) is 0 Å². The van der Waals surface area contributed by atoms with Crippen LogP contribution in [0.5, 0.6) is 0 Å². The van der Waals surface area contributed by atoms with Gasteiger partial charge in [-0.25, -0.2) is 0 Å². The van der Waals surface area contributed by atoms with Gasteiger partial charge in [-0.1, -0.05) is 29.8 Å². The molecule has 2 nitrogen and oxygen atoms in total. The molecule has 0 atom stereocenters. The van der Waals surface area contributed by atoms with E-state index in [0.29, 0.717) is 6.54 Å². The topological polar surface area (TPSA) is 41.8 Å². The van der Waals surface area contributed by atoms with Gasteiger partial charge in [-0.15, -0.1) is 0 Å². The SMILES string of the molecule is Cc1ccc(-c2ccc3[nH]cc(CCN)c3c2)c(C)c1. The molecule has 0 fully saturated rings. The first-order valence-electron chi connectivity index (χ1n) is 7.07. The largest absolute Gasteiger partial charge is 0.361 e. The number of fused-ring (bicyclic) bond motifs is 1. The minimum Gasteiger partial charge on any atom is -0.361 e. The molecule has 0 aliphatic carbocycles. The summed E-state index contributed by atoms with van der Waals surface area (Å²) in [5.41, 5.74) is 13.4. The number of hydrogen-bond acceptors (Lipinski definition) is 1. The molecule has 2 heteroatoms. The maximum absolute atomic E-state index is 5.69. The van der Waals surface area contributed by atoms with Crippen molar-refractivity contribution in [1.29, 1.82) is 0 Å².